The van der Waals surface area contributed by atoms with Gasteiger partial charge in [-0.1, -0.05) is 105 Å². The summed E-state index contributed by atoms with van der Waals surface area (Å²) in [5.74, 6) is 0. The fourth-order valence-electron chi connectivity index (χ4n) is 4.43. The molecular weight excluding hydrogens is 476 g/mol. The Morgan fingerprint density at radius 3 is 1.30 bits per heavy atom. The van der Waals surface area contributed by atoms with Crippen molar-refractivity contribution in [2.45, 2.75) is 0 Å². The first-order chi connectivity index (χ1) is 13.2. The van der Waals surface area contributed by atoms with Crippen molar-refractivity contribution in [3.63, 3.8) is 0 Å². The maximum atomic E-state index is 3.73. The fourth-order valence-corrected chi connectivity index (χ4v) is 10.8. The lowest BCUT2D eigenvalue weighted by molar-refractivity contribution is 1.65. The second-order valence-corrected chi connectivity index (χ2v) is 12.4. The van der Waals surface area contributed by atoms with E-state index in [9.17, 15) is 0 Å². The van der Waals surface area contributed by atoms with Gasteiger partial charge in [0, 0.05) is 8.95 Å². The second kappa shape index (κ2) is 6.59. The summed E-state index contributed by atoms with van der Waals surface area (Å²) >= 11 is 7.47. The van der Waals surface area contributed by atoms with Crippen molar-refractivity contribution in [2.24, 2.45) is 0 Å². The smallest absolute Gasteiger partial charge is 0.0623 e. The Morgan fingerprint density at radius 1 is 0.481 bits per heavy atom. The highest BCUT2D eigenvalue weighted by molar-refractivity contribution is 9.10. The van der Waals surface area contributed by atoms with E-state index in [0.717, 1.165) is 8.95 Å². The summed E-state index contributed by atoms with van der Waals surface area (Å²) < 4.78 is 2.27. The maximum absolute atomic E-state index is 3.73. The average Bonchev–Trinajstić information content (AvgIpc) is 2.99. The summed E-state index contributed by atoms with van der Waals surface area (Å²) in [6.07, 6.45) is 0. The third kappa shape index (κ3) is 2.53. The summed E-state index contributed by atoms with van der Waals surface area (Å²) in [6, 6.07) is 35.6. The fraction of sp³-hybridized carbons (Fsp3) is 0. The van der Waals surface area contributed by atoms with E-state index in [1.165, 1.54) is 31.9 Å². The van der Waals surface area contributed by atoms with Crippen LogP contribution in [0.15, 0.2) is 106 Å². The van der Waals surface area contributed by atoms with Gasteiger partial charge in [-0.15, -0.1) is 0 Å². The van der Waals surface area contributed by atoms with Gasteiger partial charge in [0.15, 0.2) is 8.07 Å². The predicted molar refractivity (Wildman–Crippen MR) is 124 cm³/mol. The molecule has 0 nitrogen and oxygen atoms in total. The monoisotopic (exact) mass is 490 g/mol. The molecule has 4 aromatic rings. The Bertz CT molecular complexity index is 1040. The SMILES string of the molecule is Brc1ccc2c(c1)[Si](c1ccccc1)(c1ccccc1)c1cc(Br)ccc1-2. The normalized spacial score (nSPS) is 13.9. The number of halogens is 2. The molecule has 1 heterocycles. The Morgan fingerprint density at radius 2 is 0.889 bits per heavy atom. The van der Waals surface area contributed by atoms with Crippen molar-refractivity contribution in [2.75, 3.05) is 0 Å². The van der Waals surface area contributed by atoms with Crippen LogP contribution in [-0.2, 0) is 0 Å². The highest BCUT2D eigenvalue weighted by Crippen LogP contribution is 2.31. The minimum Gasteiger partial charge on any atom is -0.0623 e. The van der Waals surface area contributed by atoms with Crippen LogP contribution in [0.4, 0.5) is 0 Å². The molecule has 0 aliphatic carbocycles. The molecule has 1 aliphatic rings. The molecule has 130 valence electrons. The molecule has 1 aliphatic heterocycles. The predicted octanol–water partition coefficient (Wildman–Crippen LogP) is 4.57. The first-order valence-corrected chi connectivity index (χ1v) is 12.5. The van der Waals surface area contributed by atoms with Crippen LogP contribution in [0.1, 0.15) is 0 Å². The van der Waals surface area contributed by atoms with E-state index in [4.69, 9.17) is 0 Å². The van der Waals surface area contributed by atoms with Crippen molar-refractivity contribution in [3.05, 3.63) is 106 Å². The van der Waals surface area contributed by atoms with E-state index in [1.54, 1.807) is 0 Å². The van der Waals surface area contributed by atoms with Gasteiger partial charge in [0.25, 0.3) is 0 Å². The lowest BCUT2D eigenvalue weighted by atomic mass is 10.1. The molecule has 0 bridgehead atoms. The van der Waals surface area contributed by atoms with Crippen LogP contribution < -0.4 is 20.7 Å². The van der Waals surface area contributed by atoms with Crippen LogP contribution in [0.2, 0.25) is 0 Å². The lowest BCUT2D eigenvalue weighted by Crippen LogP contribution is -2.72. The molecule has 0 unspecified atom stereocenters. The standard InChI is InChI=1S/C24H16Br2Si/c25-17-11-13-21-22-14-12-18(26)16-24(22)27(23(21)15-17,19-7-3-1-4-8-19)20-9-5-2-6-10-20/h1-16H. The van der Waals surface area contributed by atoms with Crippen LogP contribution in [0, 0.1) is 0 Å². The Balaban J connectivity index is 2.00. The maximum Gasteiger partial charge on any atom is 0.180 e. The zero-order chi connectivity index (χ0) is 18.4. The number of hydrogen-bond donors (Lipinski definition) is 0. The summed E-state index contributed by atoms with van der Waals surface area (Å²) in [7, 11) is -2.35. The molecule has 27 heavy (non-hydrogen) atoms. The van der Waals surface area contributed by atoms with E-state index >= 15 is 0 Å². The van der Waals surface area contributed by atoms with E-state index in [0.29, 0.717) is 0 Å². The van der Waals surface area contributed by atoms with Gasteiger partial charge in [0.1, 0.15) is 0 Å². The molecule has 0 radical (unpaired) electrons. The van der Waals surface area contributed by atoms with Crippen molar-refractivity contribution in [1.29, 1.82) is 0 Å². The van der Waals surface area contributed by atoms with Gasteiger partial charge in [-0.25, -0.2) is 0 Å². The van der Waals surface area contributed by atoms with Crippen molar-refractivity contribution >= 4 is 60.7 Å². The summed E-state index contributed by atoms with van der Waals surface area (Å²) in [6.45, 7) is 0. The number of rotatable bonds is 2. The van der Waals surface area contributed by atoms with Gasteiger partial charge in [0.2, 0.25) is 0 Å². The van der Waals surface area contributed by atoms with E-state index in [-0.39, 0.29) is 0 Å². The quantitative estimate of drug-likeness (QED) is 0.317. The molecule has 0 spiro atoms. The van der Waals surface area contributed by atoms with Gasteiger partial charge in [-0.2, -0.15) is 0 Å². The topological polar surface area (TPSA) is 0 Å². The Hall–Kier alpha value is -1.94. The summed E-state index contributed by atoms with van der Waals surface area (Å²) in [4.78, 5) is 0. The molecule has 0 saturated heterocycles. The molecule has 4 aromatic carbocycles. The minimum atomic E-state index is -2.35. The number of fused-ring (bicyclic) bond motifs is 3. The van der Waals surface area contributed by atoms with Crippen LogP contribution >= 0.6 is 31.9 Å². The molecule has 0 aromatic heterocycles. The lowest BCUT2D eigenvalue weighted by Gasteiger charge is -2.31. The zero-order valence-electron chi connectivity index (χ0n) is 14.5. The van der Waals surface area contributed by atoms with Gasteiger partial charge in [-0.3, -0.25) is 0 Å². The van der Waals surface area contributed by atoms with Crippen molar-refractivity contribution in [1.82, 2.24) is 0 Å². The van der Waals surface area contributed by atoms with E-state index in [2.05, 4.69) is 129 Å². The zero-order valence-corrected chi connectivity index (χ0v) is 18.7. The highest BCUT2D eigenvalue weighted by Gasteiger charge is 2.48. The van der Waals surface area contributed by atoms with E-state index < -0.39 is 8.07 Å². The average molecular weight is 492 g/mol. The Labute approximate surface area is 177 Å². The van der Waals surface area contributed by atoms with Crippen molar-refractivity contribution < 1.29 is 0 Å². The molecule has 0 saturated carbocycles. The Kier molecular flexibility index (Phi) is 4.19. The number of benzene rings is 4. The molecule has 0 amide bonds. The molecular formula is C24H16Br2Si. The van der Waals surface area contributed by atoms with Crippen LogP contribution in [-0.4, -0.2) is 8.07 Å². The van der Waals surface area contributed by atoms with Gasteiger partial charge >= 0.3 is 0 Å². The van der Waals surface area contributed by atoms with Crippen molar-refractivity contribution in [3.8, 4) is 11.1 Å². The van der Waals surface area contributed by atoms with Crippen LogP contribution in [0.3, 0.4) is 0 Å². The first kappa shape index (κ1) is 17.2. The minimum absolute atomic E-state index is 1.14. The summed E-state index contributed by atoms with van der Waals surface area (Å²) in [5.41, 5.74) is 2.72. The second-order valence-electron chi connectivity index (χ2n) is 6.86. The van der Waals surface area contributed by atoms with Gasteiger partial charge < -0.3 is 0 Å². The van der Waals surface area contributed by atoms with Crippen LogP contribution in [0.25, 0.3) is 11.1 Å². The largest absolute Gasteiger partial charge is 0.180 e. The van der Waals surface area contributed by atoms with Crippen LogP contribution in [0.5, 0.6) is 0 Å². The third-order valence-electron chi connectivity index (χ3n) is 5.48. The first-order valence-electron chi connectivity index (χ1n) is 8.93. The van der Waals surface area contributed by atoms with Gasteiger partial charge in [-0.05, 0) is 56.1 Å². The molecule has 0 atom stereocenters. The summed E-state index contributed by atoms with van der Waals surface area (Å²) in [5, 5.41) is 5.77. The molecule has 5 rings (SSSR count). The molecule has 0 fully saturated rings. The van der Waals surface area contributed by atoms with Gasteiger partial charge in [0.05, 0.1) is 0 Å². The third-order valence-corrected chi connectivity index (χ3v) is 11.3. The molecule has 3 heteroatoms. The highest BCUT2D eigenvalue weighted by atomic mass is 79.9. The number of hydrogen-bond acceptors (Lipinski definition) is 0. The molecule has 0 N–H and O–H groups in total. The van der Waals surface area contributed by atoms with E-state index in [1.807, 2.05) is 0 Å².